The van der Waals surface area contributed by atoms with Crippen LogP contribution in [-0.4, -0.2) is 66.6 Å². The number of aliphatic hydroxyl groups excluding tert-OH is 1. The van der Waals surface area contributed by atoms with Gasteiger partial charge in [-0.2, -0.15) is 8.42 Å². The van der Waals surface area contributed by atoms with Crippen molar-refractivity contribution >= 4 is 39.7 Å². The monoisotopic (exact) mass is 234 g/mol. The maximum absolute atomic E-state index is 10.2. The number of allylic oxidation sites excluding steroid dienone is 1. The van der Waals surface area contributed by atoms with E-state index < -0.39 is 10.1 Å². The normalized spacial score (nSPS) is 12.3. The van der Waals surface area contributed by atoms with Gasteiger partial charge in [-0.1, -0.05) is 0 Å². The first kappa shape index (κ1) is 16.8. The van der Waals surface area contributed by atoms with Crippen molar-refractivity contribution in [3.8, 4) is 0 Å². The molecule has 0 spiro atoms. The summed E-state index contributed by atoms with van der Waals surface area (Å²) < 4.78 is 33.7. The summed E-state index contributed by atoms with van der Waals surface area (Å²) in [5, 5.41) is 8.89. The molecule has 7 heteroatoms. The van der Waals surface area contributed by atoms with E-state index in [1.165, 1.54) is 6.08 Å². The molecule has 0 aliphatic heterocycles. The van der Waals surface area contributed by atoms with Gasteiger partial charge >= 0.3 is 29.6 Å². The number of hydrogen-bond acceptors (Lipinski definition) is 4. The van der Waals surface area contributed by atoms with E-state index in [4.69, 9.17) is 14.4 Å². The molecule has 80 valence electrons. The molecule has 0 bridgehead atoms. The van der Waals surface area contributed by atoms with E-state index in [2.05, 4.69) is 0 Å². The molecule has 0 heterocycles. The summed E-state index contributed by atoms with van der Waals surface area (Å²) in [7, 11) is -3.89. The Morgan fingerprint density at radius 3 is 2.50 bits per heavy atom. The summed E-state index contributed by atoms with van der Waals surface area (Å²) in [6, 6.07) is 0. The molecular weight excluding hydrogens is 219 g/mol. The number of hydrogen-bond donors (Lipinski definition) is 2. The van der Waals surface area contributed by atoms with Crippen LogP contribution in [0.3, 0.4) is 0 Å². The Balaban J connectivity index is 0. The van der Waals surface area contributed by atoms with E-state index in [1.54, 1.807) is 6.92 Å². The molecule has 5 nitrogen and oxygen atoms in total. The number of rotatable bonds is 6. The third-order valence-corrected chi connectivity index (χ3v) is 2.08. The minimum absolute atomic E-state index is 0. The predicted molar refractivity (Wildman–Crippen MR) is 55.4 cm³/mol. The van der Waals surface area contributed by atoms with Crippen molar-refractivity contribution in [1.29, 1.82) is 0 Å². The van der Waals surface area contributed by atoms with Gasteiger partial charge in [0.25, 0.3) is 10.1 Å². The fourth-order valence-electron chi connectivity index (χ4n) is 0.603. The first-order valence-electron chi connectivity index (χ1n) is 3.83. The molecule has 0 aliphatic rings. The van der Waals surface area contributed by atoms with Crippen molar-refractivity contribution in [1.82, 2.24) is 0 Å². The second kappa shape index (κ2) is 8.70. The molecule has 0 unspecified atom stereocenters. The van der Waals surface area contributed by atoms with Crippen molar-refractivity contribution < 1.29 is 22.8 Å². The Labute approximate surface area is 106 Å². The standard InChI is InChI=1S/C7H14O5S.Na.H/c1-2-7(8)6-12-4-3-5-13(9,10)11;;/h2,8H,3-6H2,1H3,(H,9,10,11);;. The molecular formula is C7H15NaO5S. The first-order chi connectivity index (χ1) is 5.95. The van der Waals surface area contributed by atoms with E-state index in [0.717, 1.165) is 0 Å². The maximum atomic E-state index is 10.2. The van der Waals surface area contributed by atoms with E-state index >= 15 is 0 Å². The van der Waals surface area contributed by atoms with E-state index in [1.807, 2.05) is 0 Å². The molecule has 14 heavy (non-hydrogen) atoms. The van der Waals surface area contributed by atoms with E-state index in [9.17, 15) is 8.42 Å². The molecule has 2 N–H and O–H groups in total. The Morgan fingerprint density at radius 1 is 1.50 bits per heavy atom. The number of ether oxygens (including phenoxy) is 1. The van der Waals surface area contributed by atoms with Crippen LogP contribution in [0.2, 0.25) is 0 Å². The van der Waals surface area contributed by atoms with Crippen LogP contribution in [0.15, 0.2) is 11.8 Å². The summed E-state index contributed by atoms with van der Waals surface area (Å²) in [6.45, 7) is 1.93. The summed E-state index contributed by atoms with van der Waals surface area (Å²) >= 11 is 0. The van der Waals surface area contributed by atoms with Gasteiger partial charge in [0.1, 0.15) is 12.4 Å². The first-order valence-corrected chi connectivity index (χ1v) is 5.43. The van der Waals surface area contributed by atoms with Crippen molar-refractivity contribution in [2.24, 2.45) is 0 Å². The molecule has 0 radical (unpaired) electrons. The quantitative estimate of drug-likeness (QED) is 0.294. The van der Waals surface area contributed by atoms with Crippen LogP contribution in [0.25, 0.3) is 0 Å². The van der Waals surface area contributed by atoms with Gasteiger partial charge < -0.3 is 9.84 Å². The van der Waals surface area contributed by atoms with Crippen LogP contribution in [-0.2, 0) is 14.9 Å². The van der Waals surface area contributed by atoms with Crippen LogP contribution in [0.1, 0.15) is 13.3 Å². The average Bonchev–Trinajstić information content (AvgIpc) is 2.01. The topological polar surface area (TPSA) is 83.8 Å². The second-order valence-corrected chi connectivity index (χ2v) is 4.04. The molecule has 0 atom stereocenters. The van der Waals surface area contributed by atoms with Gasteiger partial charge in [0.15, 0.2) is 0 Å². The summed E-state index contributed by atoms with van der Waals surface area (Å²) in [6.07, 6.45) is 1.71. The van der Waals surface area contributed by atoms with Gasteiger partial charge in [-0.15, -0.1) is 0 Å². The predicted octanol–water partition coefficient (Wildman–Crippen LogP) is 0.0942. The summed E-state index contributed by atoms with van der Waals surface area (Å²) in [5.74, 6) is -0.212. The Hall–Kier alpha value is 0.410. The van der Waals surface area contributed by atoms with E-state index in [-0.39, 0.29) is 60.7 Å². The second-order valence-electron chi connectivity index (χ2n) is 2.47. The van der Waals surface area contributed by atoms with Gasteiger partial charge in [-0.05, 0) is 19.4 Å². The minimum atomic E-state index is -3.89. The van der Waals surface area contributed by atoms with Gasteiger partial charge in [-0.3, -0.25) is 4.55 Å². The average molecular weight is 234 g/mol. The third-order valence-electron chi connectivity index (χ3n) is 1.27. The molecule has 0 aromatic rings. The molecule has 0 saturated heterocycles. The zero-order valence-electron chi connectivity index (χ0n) is 7.43. The Morgan fingerprint density at radius 2 is 2.07 bits per heavy atom. The SMILES string of the molecule is CC=C(O)COCCCS(=O)(=O)O.[NaH]. The fraction of sp³-hybridized carbons (Fsp3) is 0.714. The van der Waals surface area contributed by atoms with Gasteiger partial charge in [-0.25, -0.2) is 0 Å². The Kier molecular flexibility index (Phi) is 10.5. The molecule has 0 aromatic carbocycles. The van der Waals surface area contributed by atoms with Crippen LogP contribution in [0, 0.1) is 0 Å². The van der Waals surface area contributed by atoms with Crippen molar-refractivity contribution in [2.75, 3.05) is 19.0 Å². The molecule has 0 aromatic heterocycles. The number of aliphatic hydroxyl groups is 1. The van der Waals surface area contributed by atoms with Crippen molar-refractivity contribution in [3.05, 3.63) is 11.8 Å². The van der Waals surface area contributed by atoms with Crippen molar-refractivity contribution in [2.45, 2.75) is 13.3 Å². The van der Waals surface area contributed by atoms with Crippen LogP contribution < -0.4 is 0 Å². The van der Waals surface area contributed by atoms with Crippen LogP contribution >= 0.6 is 0 Å². The third kappa shape index (κ3) is 12.4. The Bertz CT molecular complexity index is 259. The van der Waals surface area contributed by atoms with Gasteiger partial charge in [0.05, 0.1) is 5.75 Å². The summed E-state index contributed by atoms with van der Waals surface area (Å²) in [4.78, 5) is 0. The molecule has 0 saturated carbocycles. The zero-order chi connectivity index (χ0) is 10.3. The summed E-state index contributed by atoms with van der Waals surface area (Å²) in [5.41, 5.74) is 0. The molecule has 0 rings (SSSR count). The van der Waals surface area contributed by atoms with Crippen molar-refractivity contribution in [3.63, 3.8) is 0 Å². The van der Waals surface area contributed by atoms with Gasteiger partial charge in [0, 0.05) is 6.61 Å². The fourth-order valence-corrected chi connectivity index (χ4v) is 1.09. The van der Waals surface area contributed by atoms with Gasteiger partial charge in [0.2, 0.25) is 0 Å². The van der Waals surface area contributed by atoms with Crippen LogP contribution in [0.5, 0.6) is 0 Å². The molecule has 0 aliphatic carbocycles. The molecule has 0 amide bonds. The zero-order valence-corrected chi connectivity index (χ0v) is 8.25. The molecule has 0 fully saturated rings. The van der Waals surface area contributed by atoms with E-state index in [0.29, 0.717) is 0 Å². The van der Waals surface area contributed by atoms with Crippen LogP contribution in [0.4, 0.5) is 0 Å².